The van der Waals surface area contributed by atoms with Crippen LogP contribution in [0, 0.1) is 15.9 Å². The summed E-state index contributed by atoms with van der Waals surface area (Å²) in [5.41, 5.74) is -0.315. The molecule has 2 N–H and O–H groups in total. The molecule has 1 atom stereocenters. The molecule has 0 aliphatic rings. The number of rotatable bonds is 6. The van der Waals surface area contributed by atoms with Gasteiger partial charge in [-0.15, -0.1) is 11.3 Å². The highest BCUT2D eigenvalue weighted by atomic mass is 32.1. The second-order valence-corrected chi connectivity index (χ2v) is 5.56. The standard InChI is InChI=1S/C14H14FN3O3S/c1-9(13-3-2-6-22-13)17-14(19)8-16-10-4-5-11(15)12(7-10)18(20)21/h2-7,9,16H,8H2,1H3,(H,17,19)/t9-/m1/s1. The van der Waals surface area contributed by atoms with Crippen LogP contribution in [0.3, 0.4) is 0 Å². The van der Waals surface area contributed by atoms with Gasteiger partial charge in [-0.3, -0.25) is 14.9 Å². The molecule has 6 nitrogen and oxygen atoms in total. The first-order valence-corrected chi connectivity index (χ1v) is 7.36. The first kappa shape index (κ1) is 15.9. The molecule has 2 aromatic rings. The van der Waals surface area contributed by atoms with Crippen LogP contribution in [-0.2, 0) is 4.79 Å². The van der Waals surface area contributed by atoms with E-state index in [0.29, 0.717) is 5.69 Å². The Morgan fingerprint density at radius 2 is 2.23 bits per heavy atom. The molecular formula is C14H14FN3O3S. The lowest BCUT2D eigenvalue weighted by molar-refractivity contribution is -0.387. The van der Waals surface area contributed by atoms with Crippen LogP contribution in [-0.4, -0.2) is 17.4 Å². The first-order chi connectivity index (χ1) is 10.5. The summed E-state index contributed by atoms with van der Waals surface area (Å²) < 4.78 is 13.2. The van der Waals surface area contributed by atoms with E-state index in [1.807, 2.05) is 24.4 Å². The molecule has 1 aromatic heterocycles. The van der Waals surface area contributed by atoms with Gasteiger partial charge < -0.3 is 10.6 Å². The predicted molar refractivity (Wildman–Crippen MR) is 82.4 cm³/mol. The number of nitrogens with one attached hydrogen (secondary N) is 2. The van der Waals surface area contributed by atoms with Crippen LogP contribution < -0.4 is 10.6 Å². The highest BCUT2D eigenvalue weighted by molar-refractivity contribution is 7.10. The van der Waals surface area contributed by atoms with Crippen LogP contribution in [0.25, 0.3) is 0 Å². The quantitative estimate of drug-likeness (QED) is 0.632. The fourth-order valence-electron chi connectivity index (χ4n) is 1.85. The van der Waals surface area contributed by atoms with Crippen LogP contribution in [0.5, 0.6) is 0 Å². The third-order valence-electron chi connectivity index (χ3n) is 2.94. The number of thiophene rings is 1. The first-order valence-electron chi connectivity index (χ1n) is 6.48. The van der Waals surface area contributed by atoms with Crippen LogP contribution >= 0.6 is 11.3 Å². The van der Waals surface area contributed by atoms with E-state index in [0.717, 1.165) is 17.0 Å². The molecule has 0 saturated carbocycles. The Morgan fingerprint density at radius 3 is 2.86 bits per heavy atom. The molecule has 1 heterocycles. The molecule has 0 spiro atoms. The third kappa shape index (κ3) is 4.01. The summed E-state index contributed by atoms with van der Waals surface area (Å²) in [5.74, 6) is -1.17. The third-order valence-corrected chi connectivity index (χ3v) is 4.00. The van der Waals surface area contributed by atoms with Crippen molar-refractivity contribution in [3.8, 4) is 0 Å². The van der Waals surface area contributed by atoms with Gasteiger partial charge in [-0.25, -0.2) is 0 Å². The molecule has 22 heavy (non-hydrogen) atoms. The van der Waals surface area contributed by atoms with Crippen molar-refractivity contribution in [1.29, 1.82) is 0 Å². The summed E-state index contributed by atoms with van der Waals surface area (Å²) in [5, 5.41) is 18.1. The second-order valence-electron chi connectivity index (χ2n) is 4.58. The maximum atomic E-state index is 13.2. The lowest BCUT2D eigenvalue weighted by Gasteiger charge is -2.13. The number of carbonyl (C=O) groups is 1. The Hall–Kier alpha value is -2.48. The van der Waals surface area contributed by atoms with E-state index in [2.05, 4.69) is 10.6 Å². The number of hydrogen-bond acceptors (Lipinski definition) is 5. The summed E-state index contributed by atoms with van der Waals surface area (Å²) in [6, 6.07) is 7.11. The zero-order valence-electron chi connectivity index (χ0n) is 11.7. The summed E-state index contributed by atoms with van der Waals surface area (Å²) in [6.45, 7) is 1.81. The highest BCUT2D eigenvalue weighted by Crippen LogP contribution is 2.21. The lowest BCUT2D eigenvalue weighted by atomic mass is 10.2. The normalized spacial score (nSPS) is 11.7. The zero-order chi connectivity index (χ0) is 16.1. The van der Waals surface area contributed by atoms with Crippen molar-refractivity contribution in [1.82, 2.24) is 5.32 Å². The minimum Gasteiger partial charge on any atom is -0.376 e. The van der Waals surface area contributed by atoms with Gasteiger partial charge in [-0.1, -0.05) is 6.07 Å². The number of nitro benzene ring substituents is 1. The average Bonchev–Trinajstić information content (AvgIpc) is 3.00. The topological polar surface area (TPSA) is 84.3 Å². The van der Waals surface area contributed by atoms with Gasteiger partial charge in [0.1, 0.15) is 0 Å². The number of nitro groups is 1. The molecule has 2 rings (SSSR count). The lowest BCUT2D eigenvalue weighted by Crippen LogP contribution is -2.31. The maximum absolute atomic E-state index is 13.2. The van der Waals surface area contributed by atoms with E-state index >= 15 is 0 Å². The van der Waals surface area contributed by atoms with Crippen molar-refractivity contribution in [2.75, 3.05) is 11.9 Å². The number of benzene rings is 1. The van der Waals surface area contributed by atoms with E-state index in [4.69, 9.17) is 0 Å². The maximum Gasteiger partial charge on any atom is 0.306 e. The highest BCUT2D eigenvalue weighted by Gasteiger charge is 2.15. The monoisotopic (exact) mass is 323 g/mol. The van der Waals surface area contributed by atoms with Gasteiger partial charge in [0, 0.05) is 16.6 Å². The summed E-state index contributed by atoms with van der Waals surface area (Å²) in [7, 11) is 0. The van der Waals surface area contributed by atoms with Gasteiger partial charge in [-0.05, 0) is 30.5 Å². The SMILES string of the molecule is C[C@@H](NC(=O)CNc1ccc(F)c([N+](=O)[O-])c1)c1cccs1. The van der Waals surface area contributed by atoms with Gasteiger partial charge in [0.05, 0.1) is 17.5 Å². The number of nitrogens with zero attached hydrogens (tertiary/aromatic N) is 1. The number of anilines is 1. The Balaban J connectivity index is 1.91. The van der Waals surface area contributed by atoms with Crippen molar-refractivity contribution in [2.24, 2.45) is 0 Å². The van der Waals surface area contributed by atoms with Gasteiger partial charge in [-0.2, -0.15) is 4.39 Å². The van der Waals surface area contributed by atoms with Crippen molar-refractivity contribution < 1.29 is 14.1 Å². The van der Waals surface area contributed by atoms with Crippen molar-refractivity contribution in [3.05, 3.63) is 56.5 Å². The van der Waals surface area contributed by atoms with Crippen molar-refractivity contribution >= 4 is 28.6 Å². The van der Waals surface area contributed by atoms with Crippen molar-refractivity contribution in [2.45, 2.75) is 13.0 Å². The van der Waals surface area contributed by atoms with E-state index in [-0.39, 0.29) is 18.5 Å². The minimum absolute atomic E-state index is 0.0570. The molecule has 0 aliphatic carbocycles. The molecule has 1 aromatic carbocycles. The molecule has 0 unspecified atom stereocenters. The molecule has 1 amide bonds. The summed E-state index contributed by atoms with van der Waals surface area (Å²) >= 11 is 1.54. The predicted octanol–water partition coefficient (Wildman–Crippen LogP) is 3.08. The largest absolute Gasteiger partial charge is 0.376 e. The Labute approximate surface area is 130 Å². The van der Waals surface area contributed by atoms with E-state index in [1.165, 1.54) is 6.07 Å². The van der Waals surface area contributed by atoms with Gasteiger partial charge in [0.2, 0.25) is 11.7 Å². The molecule has 0 fully saturated rings. The Morgan fingerprint density at radius 1 is 1.45 bits per heavy atom. The van der Waals surface area contributed by atoms with Crippen LogP contribution in [0.4, 0.5) is 15.8 Å². The van der Waals surface area contributed by atoms with Crippen LogP contribution in [0.2, 0.25) is 0 Å². The molecule has 0 bridgehead atoms. The fraction of sp³-hybridized carbons (Fsp3) is 0.214. The van der Waals surface area contributed by atoms with Gasteiger partial charge >= 0.3 is 5.69 Å². The van der Waals surface area contributed by atoms with E-state index in [1.54, 1.807) is 11.3 Å². The van der Waals surface area contributed by atoms with Gasteiger partial charge in [0.25, 0.3) is 0 Å². The van der Waals surface area contributed by atoms with E-state index in [9.17, 15) is 19.3 Å². The fourth-order valence-corrected chi connectivity index (χ4v) is 2.58. The molecule has 0 saturated heterocycles. The molecule has 0 radical (unpaired) electrons. The molecule has 116 valence electrons. The molecule has 0 aliphatic heterocycles. The van der Waals surface area contributed by atoms with Crippen LogP contribution in [0.1, 0.15) is 17.8 Å². The van der Waals surface area contributed by atoms with E-state index < -0.39 is 16.4 Å². The van der Waals surface area contributed by atoms with Crippen LogP contribution in [0.15, 0.2) is 35.7 Å². The summed E-state index contributed by atoms with van der Waals surface area (Å²) in [6.07, 6.45) is 0. The zero-order valence-corrected chi connectivity index (χ0v) is 12.5. The number of carbonyl (C=O) groups excluding carboxylic acids is 1. The molecular weight excluding hydrogens is 309 g/mol. The number of amides is 1. The average molecular weight is 323 g/mol. The Kier molecular flexibility index (Phi) is 5.05. The van der Waals surface area contributed by atoms with Gasteiger partial charge in [0.15, 0.2) is 0 Å². The Bertz CT molecular complexity index is 676. The number of hydrogen-bond donors (Lipinski definition) is 2. The second kappa shape index (κ2) is 6.99. The summed E-state index contributed by atoms with van der Waals surface area (Å²) in [4.78, 5) is 22.7. The smallest absolute Gasteiger partial charge is 0.306 e. The van der Waals surface area contributed by atoms with Crippen molar-refractivity contribution in [3.63, 3.8) is 0 Å². The number of halogens is 1. The molecule has 8 heteroatoms. The minimum atomic E-state index is -0.911.